The molecule has 2 aliphatic rings. The minimum Gasteiger partial charge on any atom is -0.321 e. The summed E-state index contributed by atoms with van der Waals surface area (Å²) >= 11 is 2.12. The number of benzene rings is 3. The molecule has 3 aromatic rings. The van der Waals surface area contributed by atoms with Crippen LogP contribution in [0.3, 0.4) is 0 Å². The number of amides is 2. The van der Waals surface area contributed by atoms with Gasteiger partial charge in [-0.1, -0.05) is 30.7 Å². The monoisotopic (exact) mass is 667 g/mol. The molecule has 2 heterocycles. The summed E-state index contributed by atoms with van der Waals surface area (Å²) in [5, 5.41) is 6.89. The third-order valence-corrected chi connectivity index (χ3v) is 8.45. The standard InChI is InChI=1S/C32H35FIN5O2/c33-26-9-7-23(8-10-26)21-35-37-32(41)29-20-27(34)11-12-30(29)36-31(40)25-6-4-5-24(19-25)22-38-17-13-28(14-18-38)39-15-2-1-3-16-39/h4-12,19-21,28H,1-3,13-18,22H2,(H,36,40)(H,37,41). The molecule has 41 heavy (non-hydrogen) atoms. The van der Waals surface area contributed by atoms with Gasteiger partial charge in [-0.3, -0.25) is 14.5 Å². The van der Waals surface area contributed by atoms with Gasteiger partial charge < -0.3 is 10.2 Å². The molecule has 0 aromatic heterocycles. The Labute approximate surface area is 254 Å². The van der Waals surface area contributed by atoms with Crippen molar-refractivity contribution in [3.05, 3.63) is 98.4 Å². The Kier molecular flexibility index (Phi) is 10.1. The molecular weight excluding hydrogens is 632 g/mol. The minimum absolute atomic E-state index is 0.277. The molecule has 7 nitrogen and oxygen atoms in total. The van der Waals surface area contributed by atoms with E-state index in [9.17, 15) is 14.0 Å². The van der Waals surface area contributed by atoms with Gasteiger partial charge in [0.1, 0.15) is 5.82 Å². The number of anilines is 1. The van der Waals surface area contributed by atoms with Gasteiger partial charge in [-0.25, -0.2) is 9.82 Å². The first-order chi connectivity index (χ1) is 19.9. The SMILES string of the molecule is O=C(Nc1ccc(I)cc1C(=O)NN=Cc1ccc(F)cc1)c1cccc(CN2CCC(N3CCCCC3)CC2)c1. The van der Waals surface area contributed by atoms with Crippen LogP contribution in [0.25, 0.3) is 0 Å². The molecule has 214 valence electrons. The highest BCUT2D eigenvalue weighted by Crippen LogP contribution is 2.23. The van der Waals surface area contributed by atoms with Crippen LogP contribution < -0.4 is 10.7 Å². The highest BCUT2D eigenvalue weighted by molar-refractivity contribution is 14.1. The van der Waals surface area contributed by atoms with Gasteiger partial charge in [0, 0.05) is 21.7 Å². The van der Waals surface area contributed by atoms with Gasteiger partial charge in [0.05, 0.1) is 17.5 Å². The fraction of sp³-hybridized carbons (Fsp3) is 0.344. The number of carbonyl (C=O) groups is 2. The number of carbonyl (C=O) groups excluding carboxylic acids is 2. The lowest BCUT2D eigenvalue weighted by molar-refractivity contribution is 0.0896. The number of nitrogens with one attached hydrogen (secondary N) is 2. The largest absolute Gasteiger partial charge is 0.321 e. The summed E-state index contributed by atoms with van der Waals surface area (Å²) in [6.07, 6.45) is 7.86. The van der Waals surface area contributed by atoms with E-state index >= 15 is 0 Å². The fourth-order valence-electron chi connectivity index (χ4n) is 5.58. The second kappa shape index (κ2) is 14.2. The molecule has 2 N–H and O–H groups in total. The summed E-state index contributed by atoms with van der Waals surface area (Å²) in [7, 11) is 0. The highest BCUT2D eigenvalue weighted by atomic mass is 127. The van der Waals surface area contributed by atoms with E-state index < -0.39 is 5.91 Å². The Morgan fingerprint density at radius 1 is 0.927 bits per heavy atom. The van der Waals surface area contributed by atoms with Crippen molar-refractivity contribution in [2.75, 3.05) is 31.5 Å². The predicted molar refractivity (Wildman–Crippen MR) is 169 cm³/mol. The van der Waals surface area contributed by atoms with Gasteiger partial charge >= 0.3 is 0 Å². The molecule has 0 atom stereocenters. The number of hydrazone groups is 1. The lowest BCUT2D eigenvalue weighted by atomic mass is 9.99. The molecule has 2 saturated heterocycles. The smallest absolute Gasteiger partial charge is 0.273 e. The number of hydrogen-bond acceptors (Lipinski definition) is 5. The van der Waals surface area contributed by atoms with Crippen LogP contribution in [0.1, 0.15) is 63.9 Å². The summed E-state index contributed by atoms with van der Waals surface area (Å²) < 4.78 is 14.0. The summed E-state index contributed by atoms with van der Waals surface area (Å²) in [6.45, 7) is 5.45. The van der Waals surface area contributed by atoms with E-state index in [-0.39, 0.29) is 11.7 Å². The first-order valence-corrected chi connectivity index (χ1v) is 15.3. The van der Waals surface area contributed by atoms with Crippen LogP contribution in [0.15, 0.2) is 71.8 Å². The summed E-state index contributed by atoms with van der Waals surface area (Å²) in [5.74, 6) is -1.08. The van der Waals surface area contributed by atoms with E-state index in [1.165, 1.54) is 63.5 Å². The zero-order valence-electron chi connectivity index (χ0n) is 23.0. The number of rotatable bonds is 8. The van der Waals surface area contributed by atoms with Crippen molar-refractivity contribution in [2.24, 2.45) is 5.10 Å². The van der Waals surface area contributed by atoms with Crippen LogP contribution in [-0.4, -0.2) is 60.0 Å². The normalized spacial score (nSPS) is 17.0. The maximum atomic E-state index is 13.2. The molecule has 2 amide bonds. The van der Waals surface area contributed by atoms with Gasteiger partial charge in [0.15, 0.2) is 0 Å². The molecule has 0 saturated carbocycles. The maximum Gasteiger partial charge on any atom is 0.273 e. The third-order valence-electron chi connectivity index (χ3n) is 7.78. The predicted octanol–water partition coefficient (Wildman–Crippen LogP) is 5.90. The lowest BCUT2D eigenvalue weighted by Gasteiger charge is -2.40. The van der Waals surface area contributed by atoms with Crippen molar-refractivity contribution < 1.29 is 14.0 Å². The Balaban J connectivity index is 1.19. The van der Waals surface area contributed by atoms with Gasteiger partial charge in [-0.05, 0) is 128 Å². The zero-order chi connectivity index (χ0) is 28.6. The molecule has 0 aliphatic carbocycles. The van der Waals surface area contributed by atoms with E-state index in [2.05, 4.69) is 54.3 Å². The first-order valence-electron chi connectivity index (χ1n) is 14.2. The first kappa shape index (κ1) is 29.3. The molecule has 0 unspecified atom stereocenters. The van der Waals surface area contributed by atoms with Crippen LogP contribution in [-0.2, 0) is 6.54 Å². The Morgan fingerprint density at radius 2 is 1.68 bits per heavy atom. The number of piperidine rings is 2. The van der Waals surface area contributed by atoms with Crippen molar-refractivity contribution in [3.63, 3.8) is 0 Å². The highest BCUT2D eigenvalue weighted by Gasteiger charge is 2.25. The third kappa shape index (κ3) is 8.21. The van der Waals surface area contributed by atoms with E-state index in [0.29, 0.717) is 28.4 Å². The van der Waals surface area contributed by atoms with Gasteiger partial charge in [-0.15, -0.1) is 0 Å². The maximum absolute atomic E-state index is 13.2. The van der Waals surface area contributed by atoms with E-state index in [1.807, 2.05) is 18.2 Å². The number of hydrogen-bond donors (Lipinski definition) is 2. The Morgan fingerprint density at radius 3 is 2.44 bits per heavy atom. The van der Waals surface area contributed by atoms with Crippen molar-refractivity contribution in [3.8, 4) is 0 Å². The van der Waals surface area contributed by atoms with Crippen LogP contribution in [0, 0.1) is 9.39 Å². The Hall–Kier alpha value is -3.15. The fourth-order valence-corrected chi connectivity index (χ4v) is 6.07. The molecule has 3 aromatic carbocycles. The van der Waals surface area contributed by atoms with Gasteiger partial charge in [-0.2, -0.15) is 5.10 Å². The van der Waals surface area contributed by atoms with Gasteiger partial charge in [0.2, 0.25) is 0 Å². The summed E-state index contributed by atoms with van der Waals surface area (Å²) in [6, 6.07) is 19.4. The van der Waals surface area contributed by atoms with Crippen LogP contribution in [0.5, 0.6) is 0 Å². The quantitative estimate of drug-likeness (QED) is 0.178. The van der Waals surface area contributed by atoms with E-state index in [0.717, 1.165) is 28.8 Å². The number of nitrogens with zero attached hydrogens (tertiary/aromatic N) is 3. The van der Waals surface area contributed by atoms with E-state index in [4.69, 9.17) is 0 Å². The summed E-state index contributed by atoms with van der Waals surface area (Å²) in [4.78, 5) is 31.3. The Bertz CT molecular complexity index is 1380. The van der Waals surface area contributed by atoms with Crippen molar-refractivity contribution >= 4 is 46.3 Å². The molecule has 9 heteroatoms. The summed E-state index contributed by atoms with van der Waals surface area (Å²) in [5.41, 5.74) is 5.49. The van der Waals surface area contributed by atoms with Gasteiger partial charge in [0.25, 0.3) is 11.8 Å². The lowest BCUT2D eigenvalue weighted by Crippen LogP contribution is -2.46. The molecular formula is C32H35FIN5O2. The zero-order valence-corrected chi connectivity index (χ0v) is 25.1. The topological polar surface area (TPSA) is 77.0 Å². The number of likely N-dealkylation sites (tertiary alicyclic amines) is 2. The molecule has 0 radical (unpaired) electrons. The number of halogens is 2. The van der Waals surface area contributed by atoms with E-state index in [1.54, 1.807) is 30.3 Å². The molecule has 2 aliphatic heterocycles. The van der Waals surface area contributed by atoms with Crippen LogP contribution in [0.4, 0.5) is 10.1 Å². The van der Waals surface area contributed by atoms with Crippen molar-refractivity contribution in [1.82, 2.24) is 15.2 Å². The van der Waals surface area contributed by atoms with Crippen molar-refractivity contribution in [1.29, 1.82) is 0 Å². The molecule has 5 rings (SSSR count). The van der Waals surface area contributed by atoms with Crippen LogP contribution in [0.2, 0.25) is 0 Å². The molecule has 2 fully saturated rings. The van der Waals surface area contributed by atoms with Crippen LogP contribution >= 0.6 is 22.6 Å². The molecule has 0 bridgehead atoms. The second-order valence-electron chi connectivity index (χ2n) is 10.7. The molecule has 0 spiro atoms. The van der Waals surface area contributed by atoms with Crippen molar-refractivity contribution in [2.45, 2.75) is 44.7 Å². The average Bonchev–Trinajstić information content (AvgIpc) is 3.00. The average molecular weight is 668 g/mol. The second-order valence-corrected chi connectivity index (χ2v) is 11.9. The minimum atomic E-state index is -0.459.